The average Bonchev–Trinajstić information content (AvgIpc) is 2.37. The number of benzene rings is 1. The zero-order chi connectivity index (χ0) is 16.4. The van der Waals surface area contributed by atoms with Crippen molar-refractivity contribution in [3.8, 4) is 6.07 Å². The first-order valence-electron chi connectivity index (χ1n) is 6.18. The highest BCUT2D eigenvalue weighted by atomic mass is 19.4. The molecule has 1 N–H and O–H groups in total. The molecule has 0 aliphatic rings. The highest BCUT2D eigenvalue weighted by Gasteiger charge is 2.36. The van der Waals surface area contributed by atoms with Crippen LogP contribution in [0.1, 0.15) is 31.9 Å². The Labute approximate surface area is 120 Å². The number of likely N-dealkylation sites (N-methyl/N-ethyl adjacent to an activating group) is 1. The fraction of sp³-hybridized carbons (Fsp3) is 0.429. The molecular weight excluding hydrogens is 285 g/mol. The summed E-state index contributed by atoms with van der Waals surface area (Å²) in [5.74, 6) is -1.11. The SMILES string of the molecule is CCN(c1ccc(C(F)(F)F)c(C#N)c1)C(C)(C)C(=O)O. The molecule has 0 amide bonds. The number of hydrogen-bond donors (Lipinski definition) is 1. The summed E-state index contributed by atoms with van der Waals surface area (Å²) < 4.78 is 38.3. The van der Waals surface area contributed by atoms with Crippen LogP contribution in [0, 0.1) is 11.3 Å². The van der Waals surface area contributed by atoms with Crippen molar-refractivity contribution in [2.75, 3.05) is 11.4 Å². The van der Waals surface area contributed by atoms with Gasteiger partial charge in [0.05, 0.1) is 17.2 Å². The van der Waals surface area contributed by atoms with Gasteiger partial charge in [-0.2, -0.15) is 18.4 Å². The van der Waals surface area contributed by atoms with Crippen molar-refractivity contribution in [2.24, 2.45) is 0 Å². The molecule has 0 atom stereocenters. The van der Waals surface area contributed by atoms with Crippen molar-refractivity contribution in [1.29, 1.82) is 5.26 Å². The van der Waals surface area contributed by atoms with Gasteiger partial charge in [-0.25, -0.2) is 4.79 Å². The lowest BCUT2D eigenvalue weighted by atomic mass is 10.00. The predicted molar refractivity (Wildman–Crippen MR) is 70.9 cm³/mol. The molecule has 0 aliphatic carbocycles. The van der Waals surface area contributed by atoms with Gasteiger partial charge in [0, 0.05) is 12.2 Å². The van der Waals surface area contributed by atoms with Crippen LogP contribution in [0.4, 0.5) is 18.9 Å². The molecule has 0 unspecified atom stereocenters. The lowest BCUT2D eigenvalue weighted by Gasteiger charge is -2.36. The second-order valence-corrected chi connectivity index (χ2v) is 4.95. The molecule has 21 heavy (non-hydrogen) atoms. The average molecular weight is 300 g/mol. The minimum atomic E-state index is -4.62. The molecule has 114 valence electrons. The largest absolute Gasteiger partial charge is 0.480 e. The Morgan fingerprint density at radius 2 is 1.95 bits per heavy atom. The minimum absolute atomic E-state index is 0.259. The molecule has 0 heterocycles. The number of carboxylic acid groups (broad SMARTS) is 1. The number of carbonyl (C=O) groups is 1. The van der Waals surface area contributed by atoms with E-state index in [0.29, 0.717) is 0 Å². The van der Waals surface area contributed by atoms with Crippen LogP contribution in [-0.2, 0) is 11.0 Å². The van der Waals surface area contributed by atoms with Gasteiger partial charge in [-0.15, -0.1) is 0 Å². The Morgan fingerprint density at radius 1 is 1.38 bits per heavy atom. The highest BCUT2D eigenvalue weighted by molar-refractivity contribution is 5.82. The Kier molecular flexibility index (Phi) is 4.52. The number of hydrogen-bond acceptors (Lipinski definition) is 3. The summed E-state index contributed by atoms with van der Waals surface area (Å²) >= 11 is 0. The normalized spacial score (nSPS) is 11.9. The lowest BCUT2D eigenvalue weighted by Crippen LogP contribution is -2.50. The standard InChI is InChI=1S/C14H15F3N2O2/c1-4-19(13(2,3)12(20)21)10-5-6-11(14(15,16)17)9(7-10)8-18/h5-7H,4H2,1-3H3,(H,20,21). The first kappa shape index (κ1) is 16.8. The maximum absolute atomic E-state index is 12.8. The van der Waals surface area contributed by atoms with Gasteiger partial charge in [-0.05, 0) is 39.0 Å². The number of nitrogens with zero attached hydrogens (tertiary/aromatic N) is 2. The molecule has 0 fully saturated rings. The summed E-state index contributed by atoms with van der Waals surface area (Å²) in [5.41, 5.74) is -2.60. The molecule has 7 heteroatoms. The number of nitriles is 1. The second kappa shape index (κ2) is 5.64. The van der Waals surface area contributed by atoms with E-state index in [4.69, 9.17) is 5.26 Å². The minimum Gasteiger partial charge on any atom is -0.480 e. The van der Waals surface area contributed by atoms with Gasteiger partial charge in [-0.1, -0.05) is 0 Å². The van der Waals surface area contributed by atoms with E-state index < -0.39 is 28.8 Å². The van der Waals surface area contributed by atoms with Crippen LogP contribution in [0.5, 0.6) is 0 Å². The van der Waals surface area contributed by atoms with E-state index >= 15 is 0 Å². The van der Waals surface area contributed by atoms with Gasteiger partial charge in [0.1, 0.15) is 5.54 Å². The predicted octanol–water partition coefficient (Wildman–Crippen LogP) is 3.27. The van der Waals surface area contributed by atoms with Gasteiger partial charge in [0.2, 0.25) is 0 Å². The van der Waals surface area contributed by atoms with E-state index in [2.05, 4.69) is 0 Å². The van der Waals surface area contributed by atoms with Gasteiger partial charge in [0.15, 0.2) is 0 Å². The number of halogens is 3. The topological polar surface area (TPSA) is 64.3 Å². The Morgan fingerprint density at radius 3 is 2.33 bits per heavy atom. The van der Waals surface area contributed by atoms with Crippen molar-refractivity contribution >= 4 is 11.7 Å². The van der Waals surface area contributed by atoms with Crippen LogP contribution in [0.25, 0.3) is 0 Å². The Hall–Kier alpha value is -2.23. The van der Waals surface area contributed by atoms with Crippen molar-refractivity contribution in [3.05, 3.63) is 29.3 Å². The Bertz CT molecular complexity index is 589. The van der Waals surface area contributed by atoms with E-state index in [-0.39, 0.29) is 12.2 Å². The maximum atomic E-state index is 12.8. The van der Waals surface area contributed by atoms with Crippen LogP contribution in [0.2, 0.25) is 0 Å². The number of alkyl halides is 3. The van der Waals surface area contributed by atoms with Crippen molar-refractivity contribution in [1.82, 2.24) is 0 Å². The maximum Gasteiger partial charge on any atom is 0.417 e. The van der Waals surface area contributed by atoms with Crippen LogP contribution >= 0.6 is 0 Å². The Balaban J connectivity index is 3.39. The summed E-state index contributed by atoms with van der Waals surface area (Å²) in [6.07, 6.45) is -4.62. The third-order valence-electron chi connectivity index (χ3n) is 3.26. The van der Waals surface area contributed by atoms with Crippen molar-refractivity contribution in [3.63, 3.8) is 0 Å². The van der Waals surface area contributed by atoms with E-state index in [0.717, 1.165) is 12.1 Å². The summed E-state index contributed by atoms with van der Waals surface area (Å²) in [4.78, 5) is 12.7. The highest BCUT2D eigenvalue weighted by Crippen LogP contribution is 2.35. The molecule has 1 aromatic carbocycles. The summed E-state index contributed by atoms with van der Waals surface area (Å²) in [6.45, 7) is 4.86. The van der Waals surface area contributed by atoms with E-state index in [1.807, 2.05) is 0 Å². The van der Waals surface area contributed by atoms with Crippen LogP contribution in [0.3, 0.4) is 0 Å². The molecule has 1 aromatic rings. The number of anilines is 1. The third-order valence-corrected chi connectivity index (χ3v) is 3.26. The van der Waals surface area contributed by atoms with Crippen LogP contribution in [0.15, 0.2) is 18.2 Å². The van der Waals surface area contributed by atoms with Crippen molar-refractivity contribution in [2.45, 2.75) is 32.5 Å². The first-order chi connectivity index (χ1) is 9.55. The lowest BCUT2D eigenvalue weighted by molar-refractivity contribution is -0.142. The van der Waals surface area contributed by atoms with Gasteiger partial charge in [-0.3, -0.25) is 0 Å². The number of aliphatic carboxylic acids is 1. The second-order valence-electron chi connectivity index (χ2n) is 4.95. The molecule has 0 saturated heterocycles. The monoisotopic (exact) mass is 300 g/mol. The zero-order valence-electron chi connectivity index (χ0n) is 11.8. The van der Waals surface area contributed by atoms with Gasteiger partial charge < -0.3 is 10.0 Å². The number of carboxylic acids is 1. The molecular formula is C14H15F3N2O2. The molecule has 0 aliphatic heterocycles. The van der Waals surface area contributed by atoms with E-state index in [9.17, 15) is 23.1 Å². The summed E-state index contributed by atoms with van der Waals surface area (Å²) in [6, 6.07) is 4.55. The molecule has 0 bridgehead atoms. The zero-order valence-corrected chi connectivity index (χ0v) is 11.8. The van der Waals surface area contributed by atoms with Gasteiger partial charge in [0.25, 0.3) is 0 Å². The fourth-order valence-corrected chi connectivity index (χ4v) is 2.06. The molecule has 1 rings (SSSR count). The summed E-state index contributed by atoms with van der Waals surface area (Å²) in [7, 11) is 0. The van der Waals surface area contributed by atoms with Crippen molar-refractivity contribution < 1.29 is 23.1 Å². The first-order valence-corrected chi connectivity index (χ1v) is 6.18. The molecule has 0 saturated carbocycles. The number of rotatable bonds is 4. The molecule has 0 aromatic heterocycles. The summed E-state index contributed by atoms with van der Waals surface area (Å²) in [5, 5.41) is 18.1. The fourth-order valence-electron chi connectivity index (χ4n) is 2.06. The van der Waals surface area contributed by atoms with E-state index in [1.165, 1.54) is 30.9 Å². The van der Waals surface area contributed by atoms with Gasteiger partial charge >= 0.3 is 12.1 Å². The third kappa shape index (κ3) is 3.27. The smallest absolute Gasteiger partial charge is 0.417 e. The quantitative estimate of drug-likeness (QED) is 0.927. The molecule has 4 nitrogen and oxygen atoms in total. The molecule has 0 spiro atoms. The van der Waals surface area contributed by atoms with E-state index in [1.54, 1.807) is 6.92 Å². The van der Waals surface area contributed by atoms with Crippen LogP contribution < -0.4 is 4.90 Å². The molecule has 0 radical (unpaired) electrons. The van der Waals surface area contributed by atoms with Crippen LogP contribution in [-0.4, -0.2) is 23.2 Å².